The van der Waals surface area contributed by atoms with E-state index in [2.05, 4.69) is 15.1 Å². The van der Waals surface area contributed by atoms with Gasteiger partial charge in [0.2, 0.25) is 0 Å². The van der Waals surface area contributed by atoms with E-state index in [1.807, 2.05) is 37.6 Å². The Hall–Kier alpha value is -1.56. The first-order valence-electron chi connectivity index (χ1n) is 6.52. The number of benzene rings is 1. The van der Waals surface area contributed by atoms with Gasteiger partial charge in [-0.25, -0.2) is 9.97 Å². The van der Waals surface area contributed by atoms with Crippen molar-refractivity contribution in [3.63, 3.8) is 0 Å². The molecule has 3 aromatic rings. The van der Waals surface area contributed by atoms with Crippen molar-refractivity contribution in [1.82, 2.24) is 19.7 Å². The van der Waals surface area contributed by atoms with Gasteiger partial charge in [0.1, 0.15) is 10.2 Å². The van der Waals surface area contributed by atoms with Crippen LogP contribution < -0.4 is 0 Å². The zero-order chi connectivity index (χ0) is 15.5. The molecule has 0 aliphatic carbocycles. The van der Waals surface area contributed by atoms with E-state index in [-0.39, 0.29) is 0 Å². The Labute approximate surface area is 142 Å². The number of rotatable bonds is 4. The maximum absolute atomic E-state index is 6.52. The van der Waals surface area contributed by atoms with E-state index in [9.17, 15) is 0 Å². The van der Waals surface area contributed by atoms with Crippen LogP contribution in [0.4, 0.5) is 0 Å². The van der Waals surface area contributed by atoms with Crippen LogP contribution in [0.3, 0.4) is 0 Å². The molecule has 0 N–H and O–H groups in total. The first-order valence-corrected chi connectivity index (χ1v) is 8.09. The van der Waals surface area contributed by atoms with E-state index in [4.69, 9.17) is 23.2 Å². The van der Waals surface area contributed by atoms with E-state index >= 15 is 0 Å². The minimum Gasteiger partial charge on any atom is -0.276 e. The lowest BCUT2D eigenvalue weighted by atomic mass is 10.1. The van der Waals surface area contributed by atoms with Gasteiger partial charge in [-0.3, -0.25) is 4.68 Å². The molecular formula is C15H12Cl2N4S. The van der Waals surface area contributed by atoms with Gasteiger partial charge in [-0.1, -0.05) is 47.1 Å². The molecular weight excluding hydrogens is 339 g/mol. The summed E-state index contributed by atoms with van der Waals surface area (Å²) in [6, 6.07) is 5.98. The van der Waals surface area contributed by atoms with Gasteiger partial charge in [-0.2, -0.15) is 5.10 Å². The van der Waals surface area contributed by atoms with Crippen molar-refractivity contribution < 1.29 is 0 Å². The van der Waals surface area contributed by atoms with Crippen LogP contribution >= 0.6 is 35.0 Å². The number of halogens is 2. The van der Waals surface area contributed by atoms with Crippen LogP contribution in [0.15, 0.2) is 52.9 Å². The Bertz CT molecular complexity index is 786. The highest BCUT2D eigenvalue weighted by Crippen LogP contribution is 2.34. The minimum atomic E-state index is 0.376. The van der Waals surface area contributed by atoms with E-state index < -0.39 is 0 Å². The standard InChI is InChI=1S/C15H12Cl2N4S/c1-21-9-10(6-20-21)5-11-3-2-4-12(15(11)17)22-14-8-18-13(16)7-19-14/h2-4,6-9H,5H2,1H3. The molecule has 0 saturated heterocycles. The predicted molar refractivity (Wildman–Crippen MR) is 88.6 cm³/mol. The van der Waals surface area contributed by atoms with Crippen molar-refractivity contribution in [3.8, 4) is 0 Å². The fourth-order valence-electron chi connectivity index (χ4n) is 2.02. The molecule has 7 heteroatoms. The second kappa shape index (κ2) is 6.69. The molecule has 4 nitrogen and oxygen atoms in total. The molecule has 0 aliphatic heterocycles. The molecule has 0 unspecified atom stereocenters. The lowest BCUT2D eigenvalue weighted by Gasteiger charge is -2.08. The van der Waals surface area contributed by atoms with Crippen LogP contribution in [-0.4, -0.2) is 19.7 Å². The van der Waals surface area contributed by atoms with Crippen molar-refractivity contribution in [2.45, 2.75) is 16.3 Å². The number of aromatic nitrogens is 4. The molecule has 22 heavy (non-hydrogen) atoms. The summed E-state index contributed by atoms with van der Waals surface area (Å²) in [6.07, 6.45) is 7.74. The summed E-state index contributed by atoms with van der Waals surface area (Å²) in [7, 11) is 1.90. The van der Waals surface area contributed by atoms with Gasteiger partial charge < -0.3 is 0 Å². The molecule has 0 bridgehead atoms. The number of hydrogen-bond donors (Lipinski definition) is 0. The fourth-order valence-corrected chi connectivity index (χ4v) is 3.23. The van der Waals surface area contributed by atoms with Gasteiger partial charge in [-0.05, 0) is 17.2 Å². The summed E-state index contributed by atoms with van der Waals surface area (Å²) in [5.41, 5.74) is 2.18. The Balaban J connectivity index is 1.83. The zero-order valence-electron chi connectivity index (χ0n) is 11.7. The Morgan fingerprint density at radius 1 is 1.14 bits per heavy atom. The molecule has 3 rings (SSSR count). The van der Waals surface area contributed by atoms with Crippen molar-refractivity contribution in [1.29, 1.82) is 0 Å². The van der Waals surface area contributed by atoms with Crippen LogP contribution in [0, 0.1) is 0 Å². The monoisotopic (exact) mass is 350 g/mol. The van der Waals surface area contributed by atoms with E-state index in [1.54, 1.807) is 10.9 Å². The third-order valence-corrected chi connectivity index (χ3v) is 4.74. The van der Waals surface area contributed by atoms with E-state index in [0.29, 0.717) is 5.15 Å². The first-order chi connectivity index (χ1) is 10.6. The van der Waals surface area contributed by atoms with E-state index in [0.717, 1.165) is 32.5 Å². The average Bonchev–Trinajstić information content (AvgIpc) is 2.91. The average molecular weight is 351 g/mol. The summed E-state index contributed by atoms with van der Waals surface area (Å²) in [6.45, 7) is 0. The van der Waals surface area contributed by atoms with Crippen molar-refractivity contribution in [2.24, 2.45) is 7.05 Å². The molecule has 0 amide bonds. The van der Waals surface area contributed by atoms with Crippen molar-refractivity contribution in [3.05, 3.63) is 64.3 Å². The normalized spacial score (nSPS) is 10.9. The molecule has 0 atom stereocenters. The van der Waals surface area contributed by atoms with Crippen LogP contribution in [0.2, 0.25) is 10.2 Å². The summed E-state index contributed by atoms with van der Waals surface area (Å²) in [4.78, 5) is 9.20. The smallest absolute Gasteiger partial charge is 0.147 e. The van der Waals surface area contributed by atoms with Gasteiger partial charge in [-0.15, -0.1) is 0 Å². The number of nitrogens with zero attached hydrogens (tertiary/aromatic N) is 4. The molecule has 2 aromatic heterocycles. The van der Waals surface area contributed by atoms with Crippen molar-refractivity contribution >= 4 is 35.0 Å². The number of aryl methyl sites for hydroxylation is 1. The molecule has 0 fully saturated rings. The molecule has 112 valence electrons. The highest BCUT2D eigenvalue weighted by Gasteiger charge is 2.10. The predicted octanol–water partition coefficient (Wildman–Crippen LogP) is 4.26. The number of hydrogen-bond acceptors (Lipinski definition) is 4. The largest absolute Gasteiger partial charge is 0.276 e. The van der Waals surface area contributed by atoms with Gasteiger partial charge in [0, 0.05) is 24.6 Å². The zero-order valence-corrected chi connectivity index (χ0v) is 14.0. The van der Waals surface area contributed by atoms with Gasteiger partial charge in [0.05, 0.1) is 23.6 Å². The fraction of sp³-hybridized carbons (Fsp3) is 0.133. The van der Waals surface area contributed by atoms with E-state index in [1.165, 1.54) is 18.0 Å². The van der Waals surface area contributed by atoms with Gasteiger partial charge in [0.15, 0.2) is 0 Å². The highest BCUT2D eigenvalue weighted by atomic mass is 35.5. The quantitative estimate of drug-likeness (QED) is 0.705. The summed E-state index contributed by atoms with van der Waals surface area (Å²) >= 11 is 13.7. The Morgan fingerprint density at radius 2 is 2.00 bits per heavy atom. The molecule has 1 aromatic carbocycles. The minimum absolute atomic E-state index is 0.376. The lowest BCUT2D eigenvalue weighted by Crippen LogP contribution is -1.90. The molecule has 0 radical (unpaired) electrons. The van der Waals surface area contributed by atoms with Gasteiger partial charge >= 0.3 is 0 Å². The van der Waals surface area contributed by atoms with Crippen molar-refractivity contribution in [2.75, 3.05) is 0 Å². The molecule has 0 aliphatic rings. The van der Waals surface area contributed by atoms with Crippen LogP contribution in [0.25, 0.3) is 0 Å². The third-order valence-electron chi connectivity index (χ3n) is 3.01. The first kappa shape index (κ1) is 15.3. The van der Waals surface area contributed by atoms with Gasteiger partial charge in [0.25, 0.3) is 0 Å². The maximum Gasteiger partial charge on any atom is 0.147 e. The highest BCUT2D eigenvalue weighted by molar-refractivity contribution is 7.99. The van der Waals surface area contributed by atoms with Crippen LogP contribution in [0.1, 0.15) is 11.1 Å². The summed E-state index contributed by atoms with van der Waals surface area (Å²) in [5, 5.41) is 6.04. The third kappa shape index (κ3) is 3.61. The second-order valence-corrected chi connectivity index (χ2v) is 6.54. The van der Waals surface area contributed by atoms with Crippen LogP contribution in [-0.2, 0) is 13.5 Å². The SMILES string of the molecule is Cn1cc(Cc2cccc(Sc3cnc(Cl)cn3)c2Cl)cn1. The topological polar surface area (TPSA) is 43.6 Å². The Kier molecular flexibility index (Phi) is 4.66. The Morgan fingerprint density at radius 3 is 2.68 bits per heavy atom. The summed E-state index contributed by atoms with van der Waals surface area (Å²) < 4.78 is 1.78. The van der Waals surface area contributed by atoms with Crippen LogP contribution in [0.5, 0.6) is 0 Å². The molecule has 0 spiro atoms. The summed E-state index contributed by atoms with van der Waals surface area (Å²) in [5.74, 6) is 0. The lowest BCUT2D eigenvalue weighted by molar-refractivity contribution is 0.767. The second-order valence-electron chi connectivity index (χ2n) is 4.71. The molecule has 2 heterocycles. The molecule has 0 saturated carbocycles. The maximum atomic E-state index is 6.52.